The predicted molar refractivity (Wildman–Crippen MR) is 93.7 cm³/mol. The molecule has 0 fully saturated rings. The maximum atomic E-state index is 12.1. The molecule has 1 aliphatic heterocycles. The van der Waals surface area contributed by atoms with E-state index in [4.69, 9.17) is 15.2 Å². The van der Waals surface area contributed by atoms with Gasteiger partial charge in [-0.3, -0.25) is 20.0 Å². The van der Waals surface area contributed by atoms with Gasteiger partial charge in [-0.1, -0.05) is 0 Å². The predicted octanol–water partition coefficient (Wildman–Crippen LogP) is 0.538. The third-order valence-corrected chi connectivity index (χ3v) is 3.80. The summed E-state index contributed by atoms with van der Waals surface area (Å²) in [5.41, 5.74) is 8.98. The molecule has 24 heavy (non-hydrogen) atoms. The number of hydrogen-bond acceptors (Lipinski definition) is 8. The van der Waals surface area contributed by atoms with E-state index < -0.39 is 12.0 Å². The number of amides is 1. The fraction of sp³-hybridized carbons (Fsp3) is 0.429. The first kappa shape index (κ1) is 20.2. The minimum Gasteiger partial charge on any atom is -0.468 e. The number of nitrogens with zero attached hydrogens (tertiary/aromatic N) is 1. The van der Waals surface area contributed by atoms with E-state index in [1.165, 1.54) is 23.9 Å². The Morgan fingerprint density at radius 3 is 2.79 bits per heavy atom. The van der Waals surface area contributed by atoms with Crippen LogP contribution in [0.4, 0.5) is 5.69 Å². The van der Waals surface area contributed by atoms with Gasteiger partial charge in [-0.05, 0) is 18.4 Å². The van der Waals surface area contributed by atoms with Crippen molar-refractivity contribution in [3.8, 4) is 11.5 Å². The molecule has 2 rings (SSSR count). The van der Waals surface area contributed by atoms with Crippen LogP contribution >= 0.6 is 24.2 Å². The van der Waals surface area contributed by atoms with Crippen LogP contribution in [0.25, 0.3) is 0 Å². The largest absolute Gasteiger partial charge is 0.468 e. The van der Waals surface area contributed by atoms with Crippen LogP contribution in [-0.4, -0.2) is 50.4 Å². The maximum Gasteiger partial charge on any atom is 0.327 e. The summed E-state index contributed by atoms with van der Waals surface area (Å²) in [4.78, 5) is 23.7. The second kappa shape index (κ2) is 9.45. The Bertz CT molecular complexity index is 590. The first-order valence-corrected chi connectivity index (χ1v) is 8.23. The first-order chi connectivity index (χ1) is 11.0. The summed E-state index contributed by atoms with van der Waals surface area (Å²) in [6, 6.07) is 4.40. The van der Waals surface area contributed by atoms with Crippen LogP contribution in [0.1, 0.15) is 0 Å². The van der Waals surface area contributed by atoms with Crippen LogP contribution in [0.5, 0.6) is 11.5 Å². The number of halogens is 1. The van der Waals surface area contributed by atoms with Gasteiger partial charge in [-0.2, -0.15) is 11.8 Å². The summed E-state index contributed by atoms with van der Waals surface area (Å²) >= 11 is 1.46. The zero-order valence-electron chi connectivity index (χ0n) is 13.3. The lowest BCUT2D eigenvalue weighted by Gasteiger charge is -2.25. The van der Waals surface area contributed by atoms with E-state index >= 15 is 0 Å². The molecule has 0 aromatic heterocycles. The van der Waals surface area contributed by atoms with Gasteiger partial charge < -0.3 is 19.9 Å². The number of nitrogens with one attached hydrogen (secondary N) is 1. The topological polar surface area (TPSA) is 103 Å². The number of carbonyl (C=O) groups excluding carboxylic acids is 2. The molecule has 1 aromatic rings. The lowest BCUT2D eigenvalue weighted by molar-refractivity contribution is -0.139. The second-order valence-electron chi connectivity index (χ2n) is 4.74. The highest BCUT2D eigenvalue weighted by Crippen LogP contribution is 2.35. The normalized spacial score (nSPS) is 12.8. The van der Waals surface area contributed by atoms with E-state index in [-0.39, 0.29) is 31.7 Å². The molecule has 1 atom stereocenters. The molecule has 0 radical (unpaired) electrons. The monoisotopic (exact) mass is 377 g/mol. The van der Waals surface area contributed by atoms with Crippen LogP contribution in [0, 0.1) is 0 Å². The fourth-order valence-corrected chi connectivity index (χ4v) is 2.42. The van der Waals surface area contributed by atoms with Crippen molar-refractivity contribution in [2.75, 3.05) is 37.5 Å². The van der Waals surface area contributed by atoms with Crippen molar-refractivity contribution in [2.24, 2.45) is 5.73 Å². The molecule has 0 bridgehead atoms. The second-order valence-corrected chi connectivity index (χ2v) is 5.65. The smallest absolute Gasteiger partial charge is 0.327 e. The van der Waals surface area contributed by atoms with Gasteiger partial charge in [0.2, 0.25) is 6.79 Å². The van der Waals surface area contributed by atoms with Gasteiger partial charge in [0.25, 0.3) is 5.91 Å². The van der Waals surface area contributed by atoms with Gasteiger partial charge in [-0.15, -0.1) is 12.4 Å². The number of nitrogens with two attached hydrogens (primary N) is 1. The number of benzene rings is 1. The molecular formula is C14H20ClN3O5S. The van der Waals surface area contributed by atoms with Crippen LogP contribution in [0.3, 0.4) is 0 Å². The molecule has 1 heterocycles. The zero-order chi connectivity index (χ0) is 16.8. The number of esters is 1. The molecule has 1 amide bonds. The summed E-state index contributed by atoms with van der Waals surface area (Å²) in [5.74, 6) is 0.735. The lowest BCUT2D eigenvalue weighted by Crippen LogP contribution is -2.52. The van der Waals surface area contributed by atoms with Crippen LogP contribution in [0.2, 0.25) is 0 Å². The molecule has 0 saturated carbocycles. The van der Waals surface area contributed by atoms with Gasteiger partial charge >= 0.3 is 5.97 Å². The summed E-state index contributed by atoms with van der Waals surface area (Å²) < 4.78 is 15.2. The zero-order valence-corrected chi connectivity index (χ0v) is 14.9. The van der Waals surface area contributed by atoms with Gasteiger partial charge in [0, 0.05) is 11.8 Å². The van der Waals surface area contributed by atoms with E-state index in [2.05, 4.69) is 10.2 Å². The summed E-state index contributed by atoms with van der Waals surface area (Å²) in [5, 5.41) is 1.37. The Morgan fingerprint density at radius 1 is 1.42 bits per heavy atom. The van der Waals surface area contributed by atoms with Crippen molar-refractivity contribution in [1.82, 2.24) is 5.43 Å². The minimum atomic E-state index is -0.681. The van der Waals surface area contributed by atoms with Crippen molar-refractivity contribution in [2.45, 2.75) is 6.04 Å². The van der Waals surface area contributed by atoms with Crippen molar-refractivity contribution in [3.05, 3.63) is 18.2 Å². The average molecular weight is 378 g/mol. The molecule has 1 aliphatic rings. The molecule has 0 aliphatic carbocycles. The number of carbonyl (C=O) groups is 2. The molecule has 0 unspecified atom stereocenters. The molecular weight excluding hydrogens is 358 g/mol. The molecule has 0 saturated heterocycles. The molecule has 10 heteroatoms. The van der Waals surface area contributed by atoms with Crippen molar-refractivity contribution >= 4 is 41.7 Å². The van der Waals surface area contributed by atoms with Gasteiger partial charge in [-0.25, -0.2) is 0 Å². The lowest BCUT2D eigenvalue weighted by atomic mass is 10.2. The third kappa shape index (κ3) is 5.08. The Labute approximate surface area is 150 Å². The Morgan fingerprint density at radius 2 is 2.12 bits per heavy atom. The third-order valence-electron chi connectivity index (χ3n) is 3.11. The quantitative estimate of drug-likeness (QED) is 0.524. The average Bonchev–Trinajstić information content (AvgIpc) is 3.01. The van der Waals surface area contributed by atoms with Gasteiger partial charge in [0.1, 0.15) is 6.54 Å². The van der Waals surface area contributed by atoms with E-state index in [9.17, 15) is 9.59 Å². The summed E-state index contributed by atoms with van der Waals surface area (Å²) in [7, 11) is 1.28. The number of fused-ring (bicyclic) bond motifs is 1. The van der Waals surface area contributed by atoms with Crippen molar-refractivity contribution < 1.29 is 23.8 Å². The Hall–Kier alpha value is -1.84. The summed E-state index contributed by atoms with van der Waals surface area (Å²) in [6.45, 7) is -0.0192. The van der Waals surface area contributed by atoms with Crippen molar-refractivity contribution in [3.63, 3.8) is 0 Å². The number of rotatable bonds is 7. The maximum absolute atomic E-state index is 12.1. The number of anilines is 1. The standard InChI is InChI=1S/C14H19N3O5S.ClH/c1-20-13(18)6-17(16-14(19)10(15)7-23-2)9-3-4-11-12(5-9)22-8-21-11;/h3-5,10H,6-8,15H2,1-2H3,(H,16,19);1H/t10-;/m0./s1. The highest BCUT2D eigenvalue weighted by molar-refractivity contribution is 7.98. The van der Waals surface area contributed by atoms with Crippen molar-refractivity contribution in [1.29, 1.82) is 0 Å². The molecule has 0 spiro atoms. The van der Waals surface area contributed by atoms with E-state index in [0.29, 0.717) is 22.9 Å². The number of thioether (sulfide) groups is 1. The molecule has 8 nitrogen and oxygen atoms in total. The van der Waals surface area contributed by atoms with E-state index in [1.807, 2.05) is 6.26 Å². The Kier molecular flexibility index (Phi) is 7.96. The van der Waals surface area contributed by atoms with E-state index in [1.54, 1.807) is 18.2 Å². The van der Waals surface area contributed by atoms with Crippen LogP contribution in [0.15, 0.2) is 18.2 Å². The number of methoxy groups -OCH3 is 1. The van der Waals surface area contributed by atoms with Crippen LogP contribution in [-0.2, 0) is 14.3 Å². The fourth-order valence-electron chi connectivity index (χ4n) is 1.91. The summed E-state index contributed by atoms with van der Waals surface area (Å²) in [6.07, 6.45) is 1.86. The van der Waals surface area contributed by atoms with Crippen LogP contribution < -0.4 is 25.6 Å². The molecule has 134 valence electrons. The molecule has 3 N–H and O–H groups in total. The van der Waals surface area contributed by atoms with E-state index in [0.717, 1.165) is 0 Å². The van der Waals surface area contributed by atoms with Gasteiger partial charge in [0.15, 0.2) is 11.5 Å². The molecule has 1 aromatic carbocycles. The number of hydrogen-bond donors (Lipinski definition) is 2. The number of ether oxygens (including phenoxy) is 3. The Balaban J connectivity index is 0.00000288. The van der Waals surface area contributed by atoms with Gasteiger partial charge in [0.05, 0.1) is 18.8 Å². The highest BCUT2D eigenvalue weighted by atomic mass is 35.5. The highest BCUT2D eigenvalue weighted by Gasteiger charge is 2.21. The SMILES string of the molecule is COC(=O)CN(NC(=O)[C@@H](N)CSC)c1ccc2c(c1)OCO2.Cl. The number of hydrazine groups is 1. The minimum absolute atomic E-state index is 0. The first-order valence-electron chi connectivity index (χ1n) is 6.84.